The molecule has 78 valence electrons. The van der Waals surface area contributed by atoms with Crippen molar-refractivity contribution in [3.63, 3.8) is 0 Å². The van der Waals surface area contributed by atoms with Gasteiger partial charge in [-0.05, 0) is 17.8 Å². The zero-order valence-electron chi connectivity index (χ0n) is 7.46. The van der Waals surface area contributed by atoms with E-state index in [0.717, 1.165) is 22.0 Å². The molecule has 2 aromatic heterocycles. The minimum absolute atomic E-state index is 0.557. The van der Waals surface area contributed by atoms with Crippen molar-refractivity contribution >= 4 is 34.9 Å². The molecule has 0 amide bonds. The molecule has 0 aliphatic rings. The summed E-state index contributed by atoms with van der Waals surface area (Å²) in [6.45, 7) is 0. The van der Waals surface area contributed by atoms with E-state index in [0.29, 0.717) is 15.1 Å². The van der Waals surface area contributed by atoms with Crippen LogP contribution in [0.15, 0.2) is 29.4 Å². The number of nitrogens with zero attached hydrogens (tertiary/aromatic N) is 3. The zero-order chi connectivity index (χ0) is 10.7. The third-order valence-electron chi connectivity index (χ3n) is 1.65. The predicted molar refractivity (Wildman–Crippen MR) is 59.9 cm³/mol. The number of halogens is 1. The summed E-state index contributed by atoms with van der Waals surface area (Å²) in [5.41, 5.74) is 0.718. The minimum atomic E-state index is 0.557. The highest BCUT2D eigenvalue weighted by Crippen LogP contribution is 2.24. The van der Waals surface area contributed by atoms with E-state index in [-0.39, 0.29) is 0 Å². The molecule has 7 heteroatoms. The van der Waals surface area contributed by atoms with Crippen molar-refractivity contribution in [2.75, 3.05) is 0 Å². The second-order valence-corrected chi connectivity index (χ2v) is 5.00. The van der Waals surface area contributed by atoms with Crippen molar-refractivity contribution in [2.45, 2.75) is 10.8 Å². The van der Waals surface area contributed by atoms with Crippen molar-refractivity contribution in [3.8, 4) is 0 Å². The molecule has 2 aromatic rings. The molecular weight excluding hydrogens is 254 g/mol. The van der Waals surface area contributed by atoms with Crippen LogP contribution >= 0.6 is 34.9 Å². The minimum Gasteiger partial charge on any atom is -0.618 e. The fraction of sp³-hybridized carbons (Fsp3) is 0.125. The monoisotopic (exact) mass is 259 g/mol. The smallest absolute Gasteiger partial charge is 0.251 e. The van der Waals surface area contributed by atoms with E-state index in [1.54, 1.807) is 12.1 Å². The van der Waals surface area contributed by atoms with Crippen LogP contribution in [-0.2, 0) is 5.75 Å². The van der Waals surface area contributed by atoms with Crippen LogP contribution < -0.4 is 4.73 Å². The normalized spacial score (nSPS) is 10.5. The highest BCUT2D eigenvalue weighted by atomic mass is 35.5. The Morgan fingerprint density at radius 3 is 3.07 bits per heavy atom. The standard InChI is InChI=1S/C8H6ClN3OS2/c9-8-6(10-11-15-8)5-14-7-3-1-2-4-12(7)13/h1-4H,5H2. The van der Waals surface area contributed by atoms with Gasteiger partial charge < -0.3 is 5.21 Å². The average Bonchev–Trinajstić information content (AvgIpc) is 2.63. The molecule has 0 aromatic carbocycles. The maximum Gasteiger partial charge on any atom is 0.251 e. The second-order valence-electron chi connectivity index (χ2n) is 2.65. The van der Waals surface area contributed by atoms with E-state index < -0.39 is 0 Å². The zero-order valence-corrected chi connectivity index (χ0v) is 9.85. The molecule has 2 heterocycles. The molecule has 0 bridgehead atoms. The Morgan fingerprint density at radius 2 is 2.40 bits per heavy atom. The fourth-order valence-corrected chi connectivity index (χ4v) is 2.60. The van der Waals surface area contributed by atoms with E-state index in [2.05, 4.69) is 9.59 Å². The summed E-state index contributed by atoms with van der Waals surface area (Å²) < 4.78 is 5.12. The van der Waals surface area contributed by atoms with E-state index >= 15 is 0 Å². The van der Waals surface area contributed by atoms with Gasteiger partial charge in [0.15, 0.2) is 6.20 Å². The molecule has 0 aliphatic heterocycles. The highest BCUT2D eigenvalue weighted by Gasteiger charge is 2.09. The number of hydrogen-bond acceptors (Lipinski definition) is 5. The Kier molecular flexibility index (Phi) is 3.40. The first-order valence-electron chi connectivity index (χ1n) is 4.05. The molecule has 4 nitrogen and oxygen atoms in total. The van der Waals surface area contributed by atoms with Gasteiger partial charge in [-0.1, -0.05) is 16.1 Å². The van der Waals surface area contributed by atoms with Gasteiger partial charge in [0.1, 0.15) is 10.0 Å². The molecular formula is C8H6ClN3OS2. The fourth-order valence-electron chi connectivity index (χ4n) is 0.950. The van der Waals surface area contributed by atoms with Crippen LogP contribution in [0.25, 0.3) is 0 Å². The van der Waals surface area contributed by atoms with Crippen molar-refractivity contribution in [3.05, 3.63) is 39.6 Å². The maximum absolute atomic E-state index is 11.3. The number of pyridine rings is 1. The lowest BCUT2D eigenvalue weighted by Crippen LogP contribution is -2.27. The van der Waals surface area contributed by atoms with E-state index in [1.807, 2.05) is 6.07 Å². The predicted octanol–water partition coefficient (Wildman–Crippen LogP) is 2.12. The molecule has 2 rings (SSSR count). The van der Waals surface area contributed by atoms with Crippen LogP contribution in [0.4, 0.5) is 0 Å². The van der Waals surface area contributed by atoms with Crippen LogP contribution in [0.1, 0.15) is 5.69 Å². The van der Waals surface area contributed by atoms with Gasteiger partial charge in [0.05, 0.1) is 5.75 Å². The molecule has 0 saturated heterocycles. The first-order chi connectivity index (χ1) is 7.27. The SMILES string of the molecule is [O-][n+]1ccccc1SCc1nnsc1Cl. The molecule has 0 atom stereocenters. The Bertz CT molecular complexity index is 463. The van der Waals surface area contributed by atoms with E-state index in [4.69, 9.17) is 11.6 Å². The first-order valence-corrected chi connectivity index (χ1v) is 6.19. The lowest BCUT2D eigenvalue weighted by Gasteiger charge is -2.01. The maximum atomic E-state index is 11.3. The third-order valence-corrected chi connectivity index (χ3v) is 3.67. The Balaban J connectivity index is 2.06. The Hall–Kier alpha value is -0.850. The summed E-state index contributed by atoms with van der Waals surface area (Å²) in [4.78, 5) is 0. The number of aromatic nitrogens is 3. The van der Waals surface area contributed by atoms with Gasteiger partial charge in [-0.25, -0.2) is 0 Å². The lowest BCUT2D eigenvalue weighted by atomic mass is 10.5. The van der Waals surface area contributed by atoms with E-state index in [9.17, 15) is 5.21 Å². The average molecular weight is 260 g/mol. The van der Waals surface area contributed by atoms with Crippen LogP contribution in [0.5, 0.6) is 0 Å². The number of rotatable bonds is 3. The largest absolute Gasteiger partial charge is 0.618 e. The van der Waals surface area contributed by atoms with Gasteiger partial charge in [0, 0.05) is 23.7 Å². The van der Waals surface area contributed by atoms with Gasteiger partial charge >= 0.3 is 0 Å². The van der Waals surface area contributed by atoms with Crippen LogP contribution in [-0.4, -0.2) is 9.59 Å². The summed E-state index contributed by atoms with van der Waals surface area (Å²) in [5, 5.41) is 15.8. The first kappa shape index (κ1) is 10.7. The summed E-state index contributed by atoms with van der Waals surface area (Å²) in [6.07, 6.45) is 1.46. The summed E-state index contributed by atoms with van der Waals surface area (Å²) in [6, 6.07) is 5.26. The molecule has 0 saturated carbocycles. The summed E-state index contributed by atoms with van der Waals surface area (Å²) >= 11 is 8.38. The lowest BCUT2D eigenvalue weighted by molar-refractivity contribution is -0.645. The summed E-state index contributed by atoms with van der Waals surface area (Å²) in [5.74, 6) is 0.557. The molecule has 15 heavy (non-hydrogen) atoms. The second kappa shape index (κ2) is 4.78. The number of hydrogen-bond donors (Lipinski definition) is 0. The highest BCUT2D eigenvalue weighted by molar-refractivity contribution is 7.98. The van der Waals surface area contributed by atoms with Crippen LogP contribution in [0.3, 0.4) is 0 Å². The summed E-state index contributed by atoms with van der Waals surface area (Å²) in [7, 11) is 0. The van der Waals surface area contributed by atoms with E-state index in [1.165, 1.54) is 18.0 Å². The molecule has 0 radical (unpaired) electrons. The topological polar surface area (TPSA) is 52.7 Å². The molecule has 0 aliphatic carbocycles. The Morgan fingerprint density at radius 1 is 1.53 bits per heavy atom. The Labute approximate surface area is 99.6 Å². The van der Waals surface area contributed by atoms with Gasteiger partial charge in [0.25, 0.3) is 5.03 Å². The molecule has 0 spiro atoms. The van der Waals surface area contributed by atoms with Gasteiger partial charge in [-0.2, -0.15) is 4.73 Å². The van der Waals surface area contributed by atoms with Crippen molar-refractivity contribution in [1.82, 2.24) is 9.59 Å². The van der Waals surface area contributed by atoms with Gasteiger partial charge in [0.2, 0.25) is 0 Å². The molecule has 0 fully saturated rings. The molecule has 0 unspecified atom stereocenters. The van der Waals surface area contributed by atoms with Crippen molar-refractivity contribution < 1.29 is 4.73 Å². The van der Waals surface area contributed by atoms with Crippen molar-refractivity contribution in [1.29, 1.82) is 0 Å². The van der Waals surface area contributed by atoms with Gasteiger partial charge in [-0.3, -0.25) is 0 Å². The van der Waals surface area contributed by atoms with Crippen molar-refractivity contribution in [2.24, 2.45) is 0 Å². The van der Waals surface area contributed by atoms with Crippen LogP contribution in [0.2, 0.25) is 4.34 Å². The van der Waals surface area contributed by atoms with Crippen LogP contribution in [0, 0.1) is 5.21 Å². The third kappa shape index (κ3) is 2.58. The quantitative estimate of drug-likeness (QED) is 0.481. The van der Waals surface area contributed by atoms with Gasteiger partial charge in [-0.15, -0.1) is 5.10 Å². The molecule has 0 N–H and O–H groups in total. The number of thioether (sulfide) groups is 1.